The first-order chi connectivity index (χ1) is 6.93. The molecule has 4 nitrogen and oxygen atoms in total. The monoisotopic (exact) mass is 186 g/mol. The van der Waals surface area contributed by atoms with Crippen LogP contribution in [0, 0.1) is 0 Å². The molecule has 1 heterocycles. The van der Waals surface area contributed by atoms with E-state index in [1.165, 1.54) is 18.0 Å². The lowest BCUT2D eigenvalue weighted by atomic mass is 10.2. The lowest BCUT2D eigenvalue weighted by molar-refractivity contribution is 0.761. The van der Waals surface area contributed by atoms with Crippen LogP contribution in [0.3, 0.4) is 0 Å². The summed E-state index contributed by atoms with van der Waals surface area (Å²) in [4.78, 5) is 0. The first kappa shape index (κ1) is 9.98. The topological polar surface area (TPSA) is 51.6 Å². The second-order valence-electron chi connectivity index (χ2n) is 2.32. The quantitative estimate of drug-likeness (QED) is 0.678. The van der Waals surface area contributed by atoms with Gasteiger partial charge in [0.25, 0.3) is 0 Å². The predicted octanol–water partition coefficient (Wildman–Crippen LogP) is 1.60. The van der Waals surface area contributed by atoms with Gasteiger partial charge in [-0.15, -0.1) is 10.2 Å². The Morgan fingerprint density at radius 2 is 1.50 bits per heavy atom. The fourth-order valence-electron chi connectivity index (χ4n) is 0.755. The van der Waals surface area contributed by atoms with Crippen LogP contribution in [-0.4, -0.2) is 20.6 Å². The zero-order valence-electron chi connectivity index (χ0n) is 7.61. The Hall–Kier alpha value is -2.10. The standard InChI is InChI=1S/C8H8.C2H2N4/c1-2-8-6-4-3-5-7-8;1-2-4-6-5-3-1/h2-7H,1H2;1-2H. The largest absolute Gasteiger partial charge is 0.136 e. The summed E-state index contributed by atoms with van der Waals surface area (Å²) < 4.78 is 0. The van der Waals surface area contributed by atoms with Crippen LogP contribution < -0.4 is 0 Å². The van der Waals surface area contributed by atoms with Gasteiger partial charge < -0.3 is 0 Å². The summed E-state index contributed by atoms with van der Waals surface area (Å²) in [5, 5.41) is 13.1. The summed E-state index contributed by atoms with van der Waals surface area (Å²) in [6.07, 6.45) is 4.76. The third kappa shape index (κ3) is 4.06. The molecular weight excluding hydrogens is 176 g/mol. The van der Waals surface area contributed by atoms with Gasteiger partial charge >= 0.3 is 0 Å². The number of hydrogen-bond acceptors (Lipinski definition) is 4. The minimum absolute atomic E-state index is 1.17. The zero-order valence-corrected chi connectivity index (χ0v) is 7.61. The van der Waals surface area contributed by atoms with Gasteiger partial charge in [-0.2, -0.15) is 0 Å². The molecule has 1 aromatic carbocycles. The van der Waals surface area contributed by atoms with Gasteiger partial charge in [0.2, 0.25) is 0 Å². The van der Waals surface area contributed by atoms with E-state index in [2.05, 4.69) is 27.2 Å². The summed E-state index contributed by atoms with van der Waals surface area (Å²) >= 11 is 0. The molecule has 0 N–H and O–H groups in total. The van der Waals surface area contributed by atoms with Crippen molar-refractivity contribution in [3.05, 3.63) is 54.9 Å². The third-order valence-corrected chi connectivity index (χ3v) is 1.38. The molecule has 0 saturated carbocycles. The van der Waals surface area contributed by atoms with Gasteiger partial charge in [0.05, 0.1) is 12.4 Å². The molecule has 0 bridgehead atoms. The maximum Gasteiger partial charge on any atom is 0.0716 e. The van der Waals surface area contributed by atoms with Crippen LogP contribution >= 0.6 is 0 Å². The van der Waals surface area contributed by atoms with E-state index in [-0.39, 0.29) is 0 Å². The van der Waals surface area contributed by atoms with Crippen molar-refractivity contribution in [3.63, 3.8) is 0 Å². The molecular formula is C10H10N4. The molecule has 0 aliphatic heterocycles. The van der Waals surface area contributed by atoms with E-state index in [4.69, 9.17) is 0 Å². The smallest absolute Gasteiger partial charge is 0.0716 e. The van der Waals surface area contributed by atoms with E-state index >= 15 is 0 Å². The number of benzene rings is 1. The Morgan fingerprint density at radius 1 is 0.929 bits per heavy atom. The van der Waals surface area contributed by atoms with Gasteiger partial charge in [0.1, 0.15) is 0 Å². The Kier molecular flexibility index (Phi) is 4.58. The first-order valence-electron chi connectivity index (χ1n) is 4.06. The molecule has 2 aromatic rings. The Bertz CT molecular complexity index is 320. The zero-order chi connectivity index (χ0) is 10.1. The molecule has 0 spiro atoms. The fourth-order valence-corrected chi connectivity index (χ4v) is 0.755. The second-order valence-corrected chi connectivity index (χ2v) is 2.32. The minimum atomic E-state index is 1.17. The summed E-state index contributed by atoms with van der Waals surface area (Å²) in [7, 11) is 0. The molecule has 0 amide bonds. The van der Waals surface area contributed by atoms with E-state index in [0.29, 0.717) is 0 Å². The molecule has 70 valence electrons. The molecule has 14 heavy (non-hydrogen) atoms. The summed E-state index contributed by atoms with van der Waals surface area (Å²) in [5.41, 5.74) is 1.17. The normalized spacial score (nSPS) is 8.29. The second kappa shape index (κ2) is 6.42. The van der Waals surface area contributed by atoms with Crippen molar-refractivity contribution in [1.29, 1.82) is 0 Å². The maximum absolute atomic E-state index is 3.63. The lowest BCUT2D eigenvalue weighted by Gasteiger charge is -1.85. The highest BCUT2D eigenvalue weighted by Crippen LogP contribution is 1.97. The molecule has 0 saturated heterocycles. The van der Waals surface area contributed by atoms with E-state index in [1.54, 1.807) is 0 Å². The molecule has 4 heteroatoms. The van der Waals surface area contributed by atoms with Crippen molar-refractivity contribution in [2.45, 2.75) is 0 Å². The highest BCUT2D eigenvalue weighted by Gasteiger charge is 1.75. The lowest BCUT2D eigenvalue weighted by Crippen LogP contribution is -1.84. The van der Waals surface area contributed by atoms with Crippen molar-refractivity contribution < 1.29 is 0 Å². The highest BCUT2D eigenvalue weighted by atomic mass is 15.4. The van der Waals surface area contributed by atoms with Crippen LogP contribution in [0.15, 0.2) is 49.3 Å². The number of aromatic nitrogens is 4. The van der Waals surface area contributed by atoms with E-state index in [9.17, 15) is 0 Å². The van der Waals surface area contributed by atoms with Gasteiger partial charge in [-0.1, -0.05) is 43.0 Å². The van der Waals surface area contributed by atoms with Crippen LogP contribution in [0.4, 0.5) is 0 Å². The minimum Gasteiger partial charge on any atom is -0.136 e. The van der Waals surface area contributed by atoms with Gasteiger partial charge in [-0.3, -0.25) is 0 Å². The van der Waals surface area contributed by atoms with Crippen molar-refractivity contribution in [3.8, 4) is 0 Å². The Labute approximate surface area is 82.3 Å². The van der Waals surface area contributed by atoms with Gasteiger partial charge in [0.15, 0.2) is 0 Å². The average Bonchev–Trinajstić information content (AvgIpc) is 2.33. The van der Waals surface area contributed by atoms with Crippen LogP contribution in [0.5, 0.6) is 0 Å². The molecule has 0 aliphatic carbocycles. The predicted molar refractivity (Wildman–Crippen MR) is 54.2 cm³/mol. The maximum atomic E-state index is 3.63. The molecule has 0 radical (unpaired) electrons. The first-order valence-corrected chi connectivity index (χ1v) is 4.06. The molecule has 2 rings (SSSR count). The van der Waals surface area contributed by atoms with Crippen LogP contribution in [0.1, 0.15) is 5.56 Å². The Morgan fingerprint density at radius 3 is 1.79 bits per heavy atom. The van der Waals surface area contributed by atoms with Crippen LogP contribution in [-0.2, 0) is 0 Å². The van der Waals surface area contributed by atoms with Crippen molar-refractivity contribution in [2.24, 2.45) is 0 Å². The molecule has 0 fully saturated rings. The van der Waals surface area contributed by atoms with Gasteiger partial charge in [-0.25, -0.2) is 0 Å². The number of nitrogens with zero attached hydrogens (tertiary/aromatic N) is 4. The van der Waals surface area contributed by atoms with Gasteiger partial charge in [0, 0.05) is 0 Å². The van der Waals surface area contributed by atoms with Crippen molar-refractivity contribution in [1.82, 2.24) is 20.6 Å². The van der Waals surface area contributed by atoms with Crippen LogP contribution in [0.2, 0.25) is 0 Å². The summed E-state index contributed by atoms with van der Waals surface area (Å²) in [6.45, 7) is 3.63. The van der Waals surface area contributed by atoms with Crippen LogP contribution in [0.25, 0.3) is 6.08 Å². The SMILES string of the molecule is C=Cc1ccccc1.c1cnnnn1. The van der Waals surface area contributed by atoms with E-state index in [0.717, 1.165) is 0 Å². The van der Waals surface area contributed by atoms with Gasteiger partial charge in [-0.05, 0) is 16.0 Å². The van der Waals surface area contributed by atoms with Crippen molar-refractivity contribution >= 4 is 6.08 Å². The van der Waals surface area contributed by atoms with E-state index in [1.807, 2.05) is 36.4 Å². The average molecular weight is 186 g/mol. The highest BCUT2D eigenvalue weighted by molar-refractivity contribution is 5.45. The summed E-state index contributed by atoms with van der Waals surface area (Å²) in [6, 6.07) is 10.0. The third-order valence-electron chi connectivity index (χ3n) is 1.38. The molecule has 0 atom stereocenters. The summed E-state index contributed by atoms with van der Waals surface area (Å²) in [5.74, 6) is 0. The number of hydrogen-bond donors (Lipinski definition) is 0. The molecule has 1 aromatic heterocycles. The number of rotatable bonds is 1. The molecule has 0 aliphatic rings. The Balaban J connectivity index is 0.000000146. The molecule has 0 unspecified atom stereocenters. The van der Waals surface area contributed by atoms with Crippen molar-refractivity contribution in [2.75, 3.05) is 0 Å². The van der Waals surface area contributed by atoms with E-state index < -0.39 is 0 Å². The fraction of sp³-hybridized carbons (Fsp3) is 0.